The fourth-order valence-electron chi connectivity index (χ4n) is 1.24. The van der Waals surface area contributed by atoms with Crippen LogP contribution in [-0.4, -0.2) is 11.4 Å². The molecule has 3 nitrogen and oxygen atoms in total. The first-order valence-electron chi connectivity index (χ1n) is 3.68. The van der Waals surface area contributed by atoms with Crippen LogP contribution in [0, 0.1) is 0 Å². The van der Waals surface area contributed by atoms with Gasteiger partial charge in [0.25, 0.3) is 0 Å². The zero-order valence-corrected chi connectivity index (χ0v) is 7.47. The molecule has 0 unspecified atom stereocenters. The van der Waals surface area contributed by atoms with Gasteiger partial charge in [0.2, 0.25) is 0 Å². The number of phenols is 1. The van der Waals surface area contributed by atoms with Gasteiger partial charge in [-0.3, -0.25) is 4.79 Å². The molecule has 0 saturated heterocycles. The third kappa shape index (κ3) is 1.25. The Bertz CT molecular complexity index is 476. The van der Waals surface area contributed by atoms with Crippen LogP contribution in [0.4, 0.5) is 5.69 Å². The highest BCUT2D eigenvalue weighted by Crippen LogP contribution is 2.34. The van der Waals surface area contributed by atoms with E-state index < -0.39 is 0 Å². The molecule has 0 spiro atoms. The monoisotopic (exact) mass is 193 g/mol. The average molecular weight is 193 g/mol. The van der Waals surface area contributed by atoms with Crippen LogP contribution in [0.15, 0.2) is 18.2 Å². The predicted octanol–water partition coefficient (Wildman–Crippen LogP) is 2.00. The number of fused-ring (bicyclic) bond motifs is 1. The van der Waals surface area contributed by atoms with E-state index in [1.54, 1.807) is 12.1 Å². The van der Waals surface area contributed by atoms with E-state index >= 15 is 0 Å². The van der Waals surface area contributed by atoms with Crippen LogP contribution in [0.5, 0.6) is 5.75 Å². The van der Waals surface area contributed by atoms with Gasteiger partial charge in [0, 0.05) is 11.8 Å². The second-order valence-corrected chi connectivity index (χ2v) is 3.81. The molecule has 13 heavy (non-hydrogen) atoms. The average Bonchev–Trinajstić information content (AvgIpc) is 2.47. The summed E-state index contributed by atoms with van der Waals surface area (Å²) < 4.78 is 0.705. The lowest BCUT2D eigenvalue weighted by molar-refractivity contribution is 0.112. The number of thiophene rings is 1. The molecule has 0 aliphatic carbocycles. The lowest BCUT2D eigenvalue weighted by Crippen LogP contribution is -1.82. The van der Waals surface area contributed by atoms with E-state index in [0.717, 1.165) is 11.7 Å². The Morgan fingerprint density at radius 1 is 1.38 bits per heavy atom. The molecule has 4 heteroatoms. The number of hydrogen-bond donors (Lipinski definition) is 2. The molecule has 2 aromatic rings. The van der Waals surface area contributed by atoms with Gasteiger partial charge in [0.15, 0.2) is 6.29 Å². The van der Waals surface area contributed by atoms with Crippen molar-refractivity contribution in [2.75, 3.05) is 5.73 Å². The third-order valence-electron chi connectivity index (χ3n) is 1.75. The number of rotatable bonds is 1. The van der Waals surface area contributed by atoms with Crippen LogP contribution in [0.2, 0.25) is 0 Å². The molecule has 66 valence electrons. The van der Waals surface area contributed by atoms with Crippen molar-refractivity contribution in [3.63, 3.8) is 0 Å². The van der Waals surface area contributed by atoms with Crippen molar-refractivity contribution >= 4 is 33.4 Å². The highest BCUT2D eigenvalue weighted by molar-refractivity contribution is 7.20. The second-order valence-electron chi connectivity index (χ2n) is 2.73. The zero-order chi connectivity index (χ0) is 9.42. The molecule has 0 fully saturated rings. The normalized spacial score (nSPS) is 10.5. The first-order valence-corrected chi connectivity index (χ1v) is 4.49. The van der Waals surface area contributed by atoms with E-state index in [1.165, 1.54) is 17.4 Å². The molecule has 0 amide bonds. The number of carbonyl (C=O) groups is 1. The highest BCUT2D eigenvalue weighted by Gasteiger charge is 2.05. The van der Waals surface area contributed by atoms with Crippen LogP contribution in [-0.2, 0) is 0 Å². The maximum absolute atomic E-state index is 10.5. The summed E-state index contributed by atoms with van der Waals surface area (Å²) >= 11 is 1.26. The molecular formula is C9H7NO2S. The summed E-state index contributed by atoms with van der Waals surface area (Å²) in [6, 6.07) is 4.93. The topological polar surface area (TPSA) is 63.3 Å². The Balaban J connectivity index is 2.82. The van der Waals surface area contributed by atoms with Gasteiger partial charge in [-0.2, -0.15) is 0 Å². The number of aldehydes is 1. The lowest BCUT2D eigenvalue weighted by Gasteiger charge is -1.96. The van der Waals surface area contributed by atoms with Crippen molar-refractivity contribution in [3.05, 3.63) is 23.1 Å². The Hall–Kier alpha value is -1.55. The summed E-state index contributed by atoms with van der Waals surface area (Å²) in [6.45, 7) is 0. The molecule has 0 aliphatic heterocycles. The lowest BCUT2D eigenvalue weighted by atomic mass is 10.2. The highest BCUT2D eigenvalue weighted by atomic mass is 32.1. The van der Waals surface area contributed by atoms with Gasteiger partial charge in [0.1, 0.15) is 5.75 Å². The fraction of sp³-hybridized carbons (Fsp3) is 0. The molecule has 1 aromatic carbocycles. The standard InChI is InChI=1S/C9H7NO2S/c10-6-1-5-2-7(4-11)13-9(5)8(12)3-6/h1-4,12H,10H2. The van der Waals surface area contributed by atoms with Gasteiger partial charge in [-0.1, -0.05) is 0 Å². The van der Waals surface area contributed by atoms with Gasteiger partial charge in [0.05, 0.1) is 9.58 Å². The van der Waals surface area contributed by atoms with E-state index in [4.69, 9.17) is 5.73 Å². The molecular weight excluding hydrogens is 186 g/mol. The van der Waals surface area contributed by atoms with E-state index in [-0.39, 0.29) is 5.75 Å². The van der Waals surface area contributed by atoms with Crippen molar-refractivity contribution < 1.29 is 9.90 Å². The van der Waals surface area contributed by atoms with Gasteiger partial charge in [-0.25, -0.2) is 0 Å². The van der Waals surface area contributed by atoms with Crippen molar-refractivity contribution in [1.29, 1.82) is 0 Å². The van der Waals surface area contributed by atoms with E-state index in [2.05, 4.69) is 0 Å². The maximum Gasteiger partial charge on any atom is 0.160 e. The Kier molecular flexibility index (Phi) is 1.70. The molecule has 0 radical (unpaired) electrons. The number of anilines is 1. The summed E-state index contributed by atoms with van der Waals surface area (Å²) in [4.78, 5) is 11.1. The number of hydrogen-bond acceptors (Lipinski definition) is 4. The minimum absolute atomic E-state index is 0.133. The van der Waals surface area contributed by atoms with Crippen molar-refractivity contribution in [1.82, 2.24) is 0 Å². The van der Waals surface area contributed by atoms with Crippen molar-refractivity contribution in [2.24, 2.45) is 0 Å². The van der Waals surface area contributed by atoms with Gasteiger partial charge >= 0.3 is 0 Å². The number of carbonyl (C=O) groups excluding carboxylic acids is 1. The molecule has 0 saturated carbocycles. The van der Waals surface area contributed by atoms with E-state index in [1.807, 2.05) is 0 Å². The molecule has 0 aliphatic rings. The number of phenolic OH excluding ortho intramolecular Hbond substituents is 1. The predicted molar refractivity (Wildman–Crippen MR) is 53.3 cm³/mol. The van der Waals surface area contributed by atoms with Gasteiger partial charge in [-0.05, 0) is 17.5 Å². The molecule has 0 bridgehead atoms. The number of benzene rings is 1. The zero-order valence-electron chi connectivity index (χ0n) is 6.65. The van der Waals surface area contributed by atoms with Crippen LogP contribution in [0.25, 0.3) is 10.1 Å². The van der Waals surface area contributed by atoms with Crippen LogP contribution in [0.3, 0.4) is 0 Å². The first kappa shape index (κ1) is 8.07. The SMILES string of the molecule is Nc1cc(O)c2sc(C=O)cc2c1. The Morgan fingerprint density at radius 2 is 2.15 bits per heavy atom. The quantitative estimate of drug-likeness (QED) is 0.537. The third-order valence-corrected chi connectivity index (χ3v) is 2.85. The van der Waals surface area contributed by atoms with Crippen LogP contribution in [0.1, 0.15) is 9.67 Å². The number of nitrogens with two attached hydrogens (primary N) is 1. The van der Waals surface area contributed by atoms with Crippen molar-refractivity contribution in [3.8, 4) is 5.75 Å². The molecule has 2 rings (SSSR count). The summed E-state index contributed by atoms with van der Waals surface area (Å²) in [5.74, 6) is 0.133. The molecule has 1 aromatic heterocycles. The molecule has 0 atom stereocenters. The Morgan fingerprint density at radius 3 is 2.85 bits per heavy atom. The summed E-state index contributed by atoms with van der Waals surface area (Å²) in [5, 5.41) is 10.3. The van der Waals surface area contributed by atoms with Gasteiger partial charge < -0.3 is 10.8 Å². The number of nitrogen functional groups attached to an aromatic ring is 1. The minimum Gasteiger partial charge on any atom is -0.506 e. The maximum atomic E-state index is 10.5. The van der Waals surface area contributed by atoms with E-state index in [9.17, 15) is 9.90 Å². The molecule has 3 N–H and O–H groups in total. The van der Waals surface area contributed by atoms with Crippen LogP contribution >= 0.6 is 11.3 Å². The largest absolute Gasteiger partial charge is 0.506 e. The Labute approximate surface area is 78.4 Å². The molecule has 1 heterocycles. The van der Waals surface area contributed by atoms with Crippen LogP contribution < -0.4 is 5.73 Å². The second kappa shape index (κ2) is 2.74. The smallest absolute Gasteiger partial charge is 0.160 e. The van der Waals surface area contributed by atoms with Crippen molar-refractivity contribution in [2.45, 2.75) is 0 Å². The minimum atomic E-state index is 0.133. The number of aromatic hydroxyl groups is 1. The summed E-state index contributed by atoms with van der Waals surface area (Å²) in [5.41, 5.74) is 6.03. The fourth-order valence-corrected chi connectivity index (χ4v) is 2.10. The summed E-state index contributed by atoms with van der Waals surface area (Å²) in [6.07, 6.45) is 0.764. The van der Waals surface area contributed by atoms with E-state index in [0.29, 0.717) is 15.3 Å². The summed E-state index contributed by atoms with van der Waals surface area (Å²) in [7, 11) is 0. The first-order chi connectivity index (χ1) is 6.20. The van der Waals surface area contributed by atoms with Gasteiger partial charge in [-0.15, -0.1) is 11.3 Å².